The van der Waals surface area contributed by atoms with E-state index in [2.05, 4.69) is 28.2 Å². The second-order valence-corrected chi connectivity index (χ2v) is 6.54. The Hall–Kier alpha value is -1.67. The minimum atomic E-state index is -0.379. The zero-order valence-corrected chi connectivity index (χ0v) is 14.0. The topological polar surface area (TPSA) is 52.9 Å². The summed E-state index contributed by atoms with van der Waals surface area (Å²) in [6, 6.07) is 6.43. The van der Waals surface area contributed by atoms with Crippen LogP contribution < -0.4 is 5.32 Å². The standard InChI is InChI=1S/C17H18BrFN2O/c1-11-4-2-3-5-16(11)21-17(22)13(10-20)8-12-6-7-15(19)14(18)9-12/h6-9,11,16H,2-5H2,1H3,(H,21,22)/b13-8+/t11-,16-/m0/s1. The van der Waals surface area contributed by atoms with Crippen LogP contribution in [-0.2, 0) is 4.79 Å². The molecule has 0 aromatic heterocycles. The van der Waals surface area contributed by atoms with Crippen LogP contribution in [0.1, 0.15) is 38.2 Å². The average molecular weight is 365 g/mol. The monoisotopic (exact) mass is 364 g/mol. The number of hydrogen-bond acceptors (Lipinski definition) is 2. The molecule has 2 atom stereocenters. The summed E-state index contributed by atoms with van der Waals surface area (Å²) in [5.41, 5.74) is 0.646. The Morgan fingerprint density at radius 1 is 1.45 bits per heavy atom. The molecule has 0 aliphatic heterocycles. The first-order valence-corrected chi connectivity index (χ1v) is 8.18. The molecular weight excluding hydrogens is 347 g/mol. The molecule has 1 aliphatic rings. The number of carbonyl (C=O) groups excluding carboxylic acids is 1. The minimum absolute atomic E-state index is 0.0382. The van der Waals surface area contributed by atoms with E-state index < -0.39 is 0 Å². The van der Waals surface area contributed by atoms with Gasteiger partial charge in [-0.2, -0.15) is 5.26 Å². The summed E-state index contributed by atoms with van der Waals surface area (Å²) < 4.78 is 13.5. The Morgan fingerprint density at radius 3 is 2.82 bits per heavy atom. The van der Waals surface area contributed by atoms with Gasteiger partial charge in [0.15, 0.2) is 0 Å². The van der Waals surface area contributed by atoms with Crippen molar-refractivity contribution in [3.05, 3.63) is 39.6 Å². The van der Waals surface area contributed by atoms with Gasteiger partial charge in [-0.1, -0.05) is 25.8 Å². The normalized spacial score (nSPS) is 22.0. The van der Waals surface area contributed by atoms with Gasteiger partial charge in [-0.3, -0.25) is 4.79 Å². The molecule has 1 aliphatic carbocycles. The molecule has 2 rings (SSSR count). The van der Waals surface area contributed by atoms with Gasteiger partial charge in [0.1, 0.15) is 17.5 Å². The molecule has 22 heavy (non-hydrogen) atoms. The molecule has 116 valence electrons. The predicted molar refractivity (Wildman–Crippen MR) is 87.3 cm³/mol. The van der Waals surface area contributed by atoms with Gasteiger partial charge in [0.25, 0.3) is 5.91 Å². The lowest BCUT2D eigenvalue weighted by molar-refractivity contribution is -0.118. The Bertz CT molecular complexity index is 636. The minimum Gasteiger partial charge on any atom is -0.348 e. The molecule has 0 radical (unpaired) electrons. The first-order valence-electron chi connectivity index (χ1n) is 7.39. The number of benzene rings is 1. The van der Waals surface area contributed by atoms with Crippen LogP contribution in [0.5, 0.6) is 0 Å². The van der Waals surface area contributed by atoms with E-state index in [-0.39, 0.29) is 23.3 Å². The molecular formula is C17H18BrFN2O. The fraction of sp³-hybridized carbons (Fsp3) is 0.412. The number of halogens is 2. The zero-order chi connectivity index (χ0) is 16.1. The van der Waals surface area contributed by atoms with Crippen molar-refractivity contribution in [3.8, 4) is 6.07 Å². The van der Waals surface area contributed by atoms with Crippen LogP contribution in [0.3, 0.4) is 0 Å². The predicted octanol–water partition coefficient (Wildman–Crippen LogP) is 4.19. The van der Waals surface area contributed by atoms with Crippen LogP contribution >= 0.6 is 15.9 Å². The van der Waals surface area contributed by atoms with Gasteiger partial charge < -0.3 is 5.32 Å². The Labute approximate surface area is 138 Å². The maximum atomic E-state index is 13.2. The highest BCUT2D eigenvalue weighted by molar-refractivity contribution is 9.10. The van der Waals surface area contributed by atoms with Gasteiger partial charge in [-0.25, -0.2) is 4.39 Å². The van der Waals surface area contributed by atoms with Crippen molar-refractivity contribution >= 4 is 27.9 Å². The van der Waals surface area contributed by atoms with E-state index in [1.807, 2.05) is 6.07 Å². The molecule has 0 heterocycles. The summed E-state index contributed by atoms with van der Waals surface area (Å²) >= 11 is 3.09. The van der Waals surface area contributed by atoms with Crippen LogP contribution in [0, 0.1) is 23.1 Å². The molecule has 0 spiro atoms. The fourth-order valence-electron chi connectivity index (χ4n) is 2.69. The first-order chi connectivity index (χ1) is 10.5. The van der Waals surface area contributed by atoms with E-state index in [9.17, 15) is 14.4 Å². The summed E-state index contributed by atoms with van der Waals surface area (Å²) in [6.45, 7) is 2.12. The van der Waals surface area contributed by atoms with Crippen LogP contribution in [0.25, 0.3) is 6.08 Å². The smallest absolute Gasteiger partial charge is 0.262 e. The molecule has 0 saturated heterocycles. The summed E-state index contributed by atoms with van der Waals surface area (Å²) in [7, 11) is 0. The van der Waals surface area contributed by atoms with Crippen molar-refractivity contribution in [1.82, 2.24) is 5.32 Å². The van der Waals surface area contributed by atoms with E-state index in [1.54, 1.807) is 6.07 Å². The first kappa shape index (κ1) is 16.7. The molecule has 1 aromatic carbocycles. The van der Waals surface area contributed by atoms with Crippen molar-refractivity contribution < 1.29 is 9.18 Å². The number of carbonyl (C=O) groups is 1. The summed E-state index contributed by atoms with van der Waals surface area (Å²) in [5, 5.41) is 12.2. The van der Waals surface area contributed by atoms with Crippen molar-refractivity contribution in [2.24, 2.45) is 5.92 Å². The highest BCUT2D eigenvalue weighted by atomic mass is 79.9. The molecule has 0 unspecified atom stereocenters. The second kappa shape index (κ2) is 7.55. The SMILES string of the molecule is C[C@H]1CCCC[C@@H]1NC(=O)/C(C#N)=C/c1ccc(F)c(Br)c1. The number of amides is 1. The highest BCUT2D eigenvalue weighted by Gasteiger charge is 2.24. The third-order valence-electron chi connectivity index (χ3n) is 4.05. The summed E-state index contributed by atoms with van der Waals surface area (Å²) in [5.74, 6) is -0.310. The van der Waals surface area contributed by atoms with E-state index in [4.69, 9.17) is 0 Å². The van der Waals surface area contributed by atoms with Gasteiger partial charge >= 0.3 is 0 Å². The summed E-state index contributed by atoms with van der Waals surface area (Å²) in [4.78, 5) is 12.3. The molecule has 0 bridgehead atoms. The maximum absolute atomic E-state index is 13.2. The fourth-order valence-corrected chi connectivity index (χ4v) is 3.09. The lowest BCUT2D eigenvalue weighted by Crippen LogP contribution is -2.41. The van der Waals surface area contributed by atoms with Crippen LogP contribution in [0.2, 0.25) is 0 Å². The highest BCUT2D eigenvalue weighted by Crippen LogP contribution is 2.24. The molecule has 1 saturated carbocycles. The van der Waals surface area contributed by atoms with Gasteiger partial charge in [0.05, 0.1) is 4.47 Å². The maximum Gasteiger partial charge on any atom is 0.262 e. The number of rotatable bonds is 3. The van der Waals surface area contributed by atoms with E-state index in [0.29, 0.717) is 16.0 Å². The Balaban J connectivity index is 2.13. The molecule has 1 N–H and O–H groups in total. The second-order valence-electron chi connectivity index (χ2n) is 5.69. The van der Waals surface area contributed by atoms with E-state index in [1.165, 1.54) is 24.6 Å². The third-order valence-corrected chi connectivity index (χ3v) is 4.66. The quantitative estimate of drug-likeness (QED) is 0.645. The third kappa shape index (κ3) is 4.17. The van der Waals surface area contributed by atoms with Crippen molar-refractivity contribution in [1.29, 1.82) is 5.26 Å². The van der Waals surface area contributed by atoms with Crippen molar-refractivity contribution in [2.45, 2.75) is 38.6 Å². The summed E-state index contributed by atoms with van der Waals surface area (Å²) in [6.07, 6.45) is 5.83. The largest absolute Gasteiger partial charge is 0.348 e. The lowest BCUT2D eigenvalue weighted by atomic mass is 9.86. The Morgan fingerprint density at radius 2 is 2.18 bits per heavy atom. The lowest BCUT2D eigenvalue weighted by Gasteiger charge is -2.29. The number of nitriles is 1. The molecule has 3 nitrogen and oxygen atoms in total. The Kier molecular flexibility index (Phi) is 5.73. The van der Waals surface area contributed by atoms with E-state index >= 15 is 0 Å². The van der Waals surface area contributed by atoms with Gasteiger partial charge in [-0.05, 0) is 58.5 Å². The number of hydrogen-bond donors (Lipinski definition) is 1. The van der Waals surface area contributed by atoms with Gasteiger partial charge in [0.2, 0.25) is 0 Å². The van der Waals surface area contributed by atoms with Gasteiger partial charge in [-0.15, -0.1) is 0 Å². The van der Waals surface area contributed by atoms with E-state index in [0.717, 1.165) is 19.3 Å². The van der Waals surface area contributed by atoms with Crippen molar-refractivity contribution in [2.75, 3.05) is 0 Å². The number of nitrogens with zero attached hydrogens (tertiary/aromatic N) is 1. The van der Waals surface area contributed by atoms with Gasteiger partial charge in [0, 0.05) is 6.04 Å². The molecule has 1 amide bonds. The molecule has 1 fully saturated rings. The average Bonchev–Trinajstić information content (AvgIpc) is 2.50. The number of nitrogens with one attached hydrogen (secondary N) is 1. The van der Waals surface area contributed by atoms with Crippen molar-refractivity contribution in [3.63, 3.8) is 0 Å². The zero-order valence-electron chi connectivity index (χ0n) is 12.4. The van der Waals surface area contributed by atoms with Crippen LogP contribution in [-0.4, -0.2) is 11.9 Å². The molecule has 1 aromatic rings. The van der Waals surface area contributed by atoms with Crippen LogP contribution in [0.4, 0.5) is 4.39 Å². The molecule has 5 heteroatoms. The van der Waals surface area contributed by atoms with Crippen LogP contribution in [0.15, 0.2) is 28.2 Å².